The first-order valence-corrected chi connectivity index (χ1v) is 14.1. The monoisotopic (exact) mass is 598 g/mol. The zero-order valence-electron chi connectivity index (χ0n) is 23.4. The molecular weight excluding hydrogens is 568 g/mol. The van der Waals surface area contributed by atoms with Gasteiger partial charge in [0.05, 0.1) is 11.1 Å². The van der Waals surface area contributed by atoms with Gasteiger partial charge in [0.2, 0.25) is 0 Å². The van der Waals surface area contributed by atoms with Gasteiger partial charge in [-0.05, 0) is 47.2 Å². The molecule has 4 amide bonds. The Balaban J connectivity index is 0.00000329. The molecule has 0 aromatic heterocycles. The van der Waals surface area contributed by atoms with E-state index >= 15 is 0 Å². The van der Waals surface area contributed by atoms with Crippen LogP contribution in [-0.4, -0.2) is 95.6 Å². The molecule has 0 unspecified atom stereocenters. The molecule has 11 heteroatoms. The Hall–Kier alpha value is -4.51. The molecule has 0 radical (unpaired) electrons. The summed E-state index contributed by atoms with van der Waals surface area (Å²) in [5, 5.41) is 2.92. The molecule has 3 heterocycles. The summed E-state index contributed by atoms with van der Waals surface area (Å²) >= 11 is 0. The molecule has 0 atom stereocenters. The van der Waals surface area contributed by atoms with Gasteiger partial charge in [-0.3, -0.25) is 38.8 Å². The lowest BCUT2D eigenvalue weighted by Crippen LogP contribution is -2.52. The molecule has 3 aliphatic rings. The van der Waals surface area contributed by atoms with Crippen molar-refractivity contribution in [3.8, 4) is 0 Å². The van der Waals surface area contributed by atoms with Gasteiger partial charge in [0.15, 0.2) is 0 Å². The molecule has 10 nitrogen and oxygen atoms in total. The second kappa shape index (κ2) is 11.0. The van der Waals surface area contributed by atoms with Gasteiger partial charge in [0, 0.05) is 85.6 Å². The van der Waals surface area contributed by atoms with Crippen LogP contribution in [0.1, 0.15) is 41.4 Å². The van der Waals surface area contributed by atoms with Crippen LogP contribution < -0.4 is 11.5 Å². The molecular formula is C32H31ClN6O4. The molecule has 4 aromatic rings. The molecule has 1 saturated heterocycles. The summed E-state index contributed by atoms with van der Waals surface area (Å²) < 4.78 is 0. The first-order chi connectivity index (χ1) is 20.3. The number of nitrogens with two attached hydrogens (primary N) is 2. The summed E-state index contributed by atoms with van der Waals surface area (Å²) in [6.45, 7) is 4.67. The zero-order chi connectivity index (χ0) is 29.1. The van der Waals surface area contributed by atoms with Crippen LogP contribution in [0.15, 0.2) is 60.7 Å². The minimum Gasteiger partial charge on any atom is -0.399 e. The minimum atomic E-state index is -0.315. The van der Waals surface area contributed by atoms with E-state index in [2.05, 4.69) is 9.80 Å². The predicted molar refractivity (Wildman–Crippen MR) is 168 cm³/mol. The Morgan fingerprint density at radius 1 is 0.512 bits per heavy atom. The molecule has 4 aromatic carbocycles. The molecule has 220 valence electrons. The van der Waals surface area contributed by atoms with Crippen LogP contribution in [0.5, 0.6) is 0 Å². The lowest BCUT2D eigenvalue weighted by atomic mass is 9.93. The molecule has 7 rings (SSSR count). The van der Waals surface area contributed by atoms with Crippen LogP contribution >= 0.6 is 12.4 Å². The minimum absolute atomic E-state index is 0. The van der Waals surface area contributed by atoms with Crippen LogP contribution in [-0.2, 0) is 0 Å². The first kappa shape index (κ1) is 28.6. The normalized spacial score (nSPS) is 17.2. The Bertz CT molecular complexity index is 1700. The first-order valence-electron chi connectivity index (χ1n) is 14.1. The summed E-state index contributed by atoms with van der Waals surface area (Å²) in [4.78, 5) is 60.2. The number of hydrogen-bond donors (Lipinski definition) is 2. The highest BCUT2D eigenvalue weighted by Crippen LogP contribution is 2.33. The van der Waals surface area contributed by atoms with E-state index in [1.165, 1.54) is 9.80 Å². The molecule has 4 N–H and O–H groups in total. The van der Waals surface area contributed by atoms with E-state index in [4.69, 9.17) is 11.5 Å². The predicted octanol–water partition coefficient (Wildman–Crippen LogP) is 3.09. The summed E-state index contributed by atoms with van der Waals surface area (Å²) in [6, 6.07) is 17.7. The van der Waals surface area contributed by atoms with Crippen molar-refractivity contribution in [2.24, 2.45) is 0 Å². The molecule has 0 aliphatic carbocycles. The number of rotatable bonds is 6. The fraction of sp³-hybridized carbons (Fsp3) is 0.250. The van der Waals surface area contributed by atoms with Gasteiger partial charge in [0.1, 0.15) is 0 Å². The highest BCUT2D eigenvalue weighted by Gasteiger charge is 2.35. The largest absolute Gasteiger partial charge is 0.399 e. The number of carbonyl (C=O) groups excluding carboxylic acids is 4. The van der Waals surface area contributed by atoms with Crippen molar-refractivity contribution in [3.05, 3.63) is 82.9 Å². The van der Waals surface area contributed by atoms with Gasteiger partial charge >= 0.3 is 0 Å². The van der Waals surface area contributed by atoms with Gasteiger partial charge < -0.3 is 11.5 Å². The molecule has 3 aliphatic heterocycles. The maximum atomic E-state index is 13.3. The van der Waals surface area contributed by atoms with Crippen LogP contribution in [0.25, 0.3) is 21.5 Å². The van der Waals surface area contributed by atoms with Crippen molar-refractivity contribution in [1.82, 2.24) is 19.6 Å². The fourth-order valence-corrected chi connectivity index (χ4v) is 6.49. The van der Waals surface area contributed by atoms with Gasteiger partial charge in [-0.25, -0.2) is 0 Å². The number of nitrogens with zero attached hydrogens (tertiary/aromatic N) is 4. The number of carbonyl (C=O) groups is 4. The van der Waals surface area contributed by atoms with E-state index in [0.29, 0.717) is 57.5 Å². The standard InChI is InChI=1S/C32H30N6O4.ClH/c33-21-15-19-3-1-5-23-27(19)25(17-21)31(41)37(29(23)39)13-11-35-7-9-36(10-8-35)12-14-38-30(40)24-6-2-4-20-16-22(34)18-26(28(20)24)32(38)42;/h1-6,15-18H,7-14,33-34H2;1H. The van der Waals surface area contributed by atoms with Crippen molar-refractivity contribution in [2.45, 2.75) is 0 Å². The number of piperazine rings is 1. The summed E-state index contributed by atoms with van der Waals surface area (Å²) in [5.41, 5.74) is 15.0. The number of halogens is 1. The van der Waals surface area contributed by atoms with Crippen molar-refractivity contribution in [3.63, 3.8) is 0 Å². The molecule has 0 bridgehead atoms. The van der Waals surface area contributed by atoms with Crippen molar-refractivity contribution >= 4 is 69.0 Å². The maximum Gasteiger partial charge on any atom is 0.261 e. The average molecular weight is 599 g/mol. The summed E-state index contributed by atoms with van der Waals surface area (Å²) in [6.07, 6.45) is 0. The van der Waals surface area contributed by atoms with Gasteiger partial charge in [-0.15, -0.1) is 12.4 Å². The second-order valence-electron chi connectivity index (χ2n) is 11.2. The number of imide groups is 2. The molecule has 0 saturated carbocycles. The van der Waals surface area contributed by atoms with Crippen molar-refractivity contribution < 1.29 is 19.2 Å². The molecule has 43 heavy (non-hydrogen) atoms. The lowest BCUT2D eigenvalue weighted by molar-refractivity contribution is 0.0528. The molecule has 0 spiro atoms. The van der Waals surface area contributed by atoms with E-state index in [-0.39, 0.29) is 49.1 Å². The van der Waals surface area contributed by atoms with E-state index in [1.807, 2.05) is 24.3 Å². The van der Waals surface area contributed by atoms with E-state index < -0.39 is 0 Å². The third kappa shape index (κ3) is 4.77. The Labute approximate surface area is 254 Å². The van der Waals surface area contributed by atoms with E-state index in [9.17, 15) is 19.2 Å². The van der Waals surface area contributed by atoms with Crippen LogP contribution in [0, 0.1) is 0 Å². The topological polar surface area (TPSA) is 133 Å². The quantitative estimate of drug-likeness (QED) is 0.256. The van der Waals surface area contributed by atoms with Crippen LogP contribution in [0.3, 0.4) is 0 Å². The molecule has 1 fully saturated rings. The summed E-state index contributed by atoms with van der Waals surface area (Å²) in [7, 11) is 0. The lowest BCUT2D eigenvalue weighted by Gasteiger charge is -2.37. The van der Waals surface area contributed by atoms with E-state index in [1.54, 1.807) is 36.4 Å². The average Bonchev–Trinajstić information content (AvgIpc) is 2.98. The Kier molecular flexibility index (Phi) is 7.29. The van der Waals surface area contributed by atoms with Crippen LogP contribution in [0.4, 0.5) is 11.4 Å². The SMILES string of the molecule is Cl.Nc1cc2c3c(cccc3c1)C(=O)N(CCN1CCN(CCN3C(=O)c4cccc5cc(N)cc(c45)C3=O)CC1)C2=O. The number of amides is 4. The summed E-state index contributed by atoms with van der Waals surface area (Å²) in [5.74, 6) is -1.19. The van der Waals surface area contributed by atoms with Gasteiger partial charge in [-0.2, -0.15) is 0 Å². The number of benzene rings is 4. The van der Waals surface area contributed by atoms with Crippen molar-refractivity contribution in [1.29, 1.82) is 0 Å². The van der Waals surface area contributed by atoms with E-state index in [0.717, 1.165) is 37.0 Å². The number of hydrogen-bond acceptors (Lipinski definition) is 8. The Morgan fingerprint density at radius 2 is 0.884 bits per heavy atom. The highest BCUT2D eigenvalue weighted by atomic mass is 35.5. The number of nitrogen functional groups attached to an aromatic ring is 2. The highest BCUT2D eigenvalue weighted by molar-refractivity contribution is 6.27. The fourth-order valence-electron chi connectivity index (χ4n) is 6.49. The second-order valence-corrected chi connectivity index (χ2v) is 11.2. The number of anilines is 2. The third-order valence-corrected chi connectivity index (χ3v) is 8.65. The zero-order valence-corrected chi connectivity index (χ0v) is 24.2. The van der Waals surface area contributed by atoms with Gasteiger partial charge in [0.25, 0.3) is 23.6 Å². The Morgan fingerprint density at radius 3 is 1.28 bits per heavy atom. The van der Waals surface area contributed by atoms with Gasteiger partial charge in [-0.1, -0.05) is 24.3 Å². The van der Waals surface area contributed by atoms with Crippen molar-refractivity contribution in [2.75, 3.05) is 63.8 Å². The van der Waals surface area contributed by atoms with Crippen LogP contribution in [0.2, 0.25) is 0 Å². The third-order valence-electron chi connectivity index (χ3n) is 8.65. The maximum absolute atomic E-state index is 13.3. The smallest absolute Gasteiger partial charge is 0.261 e.